The zero-order chi connectivity index (χ0) is 18.0. The van der Waals surface area contributed by atoms with Crippen LogP contribution in [0, 0.1) is 0 Å². The summed E-state index contributed by atoms with van der Waals surface area (Å²) in [5, 5.41) is 0. The minimum atomic E-state index is 0.199. The molecule has 0 fully saturated rings. The van der Waals surface area contributed by atoms with E-state index in [0.29, 0.717) is 6.42 Å². The molecular formula is C25H24O. The van der Waals surface area contributed by atoms with E-state index < -0.39 is 0 Å². The van der Waals surface area contributed by atoms with Gasteiger partial charge in [-0.05, 0) is 47.6 Å². The minimum absolute atomic E-state index is 0.199. The molecule has 26 heavy (non-hydrogen) atoms. The number of aryl methyl sites for hydroxylation is 2. The zero-order valence-electron chi connectivity index (χ0n) is 15.0. The third-order valence-electron chi connectivity index (χ3n) is 4.47. The Hall–Kier alpha value is -2.93. The lowest BCUT2D eigenvalue weighted by atomic mass is 10.0. The maximum absolute atomic E-state index is 12.0. The fraction of sp³-hybridized carbons (Fsp3) is 0.160. The van der Waals surface area contributed by atoms with Crippen LogP contribution in [0.2, 0.25) is 0 Å². The molecule has 0 aliphatic carbocycles. The first kappa shape index (κ1) is 17.9. The third-order valence-corrected chi connectivity index (χ3v) is 4.47. The van der Waals surface area contributed by atoms with Gasteiger partial charge in [0, 0.05) is 6.42 Å². The number of benzene rings is 3. The van der Waals surface area contributed by atoms with Crippen LogP contribution in [0.5, 0.6) is 0 Å². The first-order valence-corrected chi connectivity index (χ1v) is 9.19. The van der Waals surface area contributed by atoms with E-state index in [0.717, 1.165) is 19.3 Å². The molecule has 0 spiro atoms. The summed E-state index contributed by atoms with van der Waals surface area (Å²) in [5.41, 5.74) is 4.94. The molecule has 3 aromatic rings. The summed E-state index contributed by atoms with van der Waals surface area (Å²) in [6.45, 7) is 0. The predicted octanol–water partition coefficient (Wildman–Crippen LogP) is 6.04. The molecule has 0 saturated carbocycles. The summed E-state index contributed by atoms with van der Waals surface area (Å²) in [5.74, 6) is 0.199. The van der Waals surface area contributed by atoms with Crippen molar-refractivity contribution in [2.75, 3.05) is 0 Å². The standard InChI is InChI=1S/C25H24O/c26-25(14-8-7-11-21-9-3-1-4-10-21)20-17-22-15-18-24(19-16-22)23-12-5-2-6-13-23/h1-6,8-10,12-16,18-19H,7,11,17,20H2/b14-8+. The second-order valence-electron chi connectivity index (χ2n) is 6.46. The summed E-state index contributed by atoms with van der Waals surface area (Å²) >= 11 is 0. The van der Waals surface area contributed by atoms with Crippen LogP contribution in [0.4, 0.5) is 0 Å². The highest BCUT2D eigenvalue weighted by Gasteiger charge is 2.01. The summed E-state index contributed by atoms with van der Waals surface area (Å²) in [7, 11) is 0. The average Bonchev–Trinajstić information content (AvgIpc) is 2.71. The number of hydrogen-bond donors (Lipinski definition) is 0. The van der Waals surface area contributed by atoms with Gasteiger partial charge in [0.05, 0.1) is 0 Å². The normalized spacial score (nSPS) is 10.9. The summed E-state index contributed by atoms with van der Waals surface area (Å²) in [4.78, 5) is 12.0. The van der Waals surface area contributed by atoms with Crippen LogP contribution in [0.1, 0.15) is 24.0 Å². The number of hydrogen-bond acceptors (Lipinski definition) is 1. The van der Waals surface area contributed by atoms with Crippen LogP contribution in [0.25, 0.3) is 11.1 Å². The molecule has 1 nitrogen and oxygen atoms in total. The molecule has 0 unspecified atom stereocenters. The molecule has 0 heterocycles. The molecule has 0 bridgehead atoms. The van der Waals surface area contributed by atoms with Gasteiger partial charge in [-0.25, -0.2) is 0 Å². The van der Waals surface area contributed by atoms with Crippen molar-refractivity contribution < 1.29 is 4.79 Å². The Labute approximate surface area is 156 Å². The first-order chi connectivity index (χ1) is 12.8. The molecule has 1 heteroatoms. The van der Waals surface area contributed by atoms with Crippen molar-refractivity contribution in [1.29, 1.82) is 0 Å². The van der Waals surface area contributed by atoms with Gasteiger partial charge >= 0.3 is 0 Å². The largest absolute Gasteiger partial charge is 0.295 e. The van der Waals surface area contributed by atoms with Crippen molar-refractivity contribution in [1.82, 2.24) is 0 Å². The second kappa shape index (κ2) is 9.53. The summed E-state index contributed by atoms with van der Waals surface area (Å²) in [6.07, 6.45) is 6.96. The fourth-order valence-electron chi connectivity index (χ4n) is 2.95. The van der Waals surface area contributed by atoms with Gasteiger partial charge in [-0.1, -0.05) is 91.0 Å². The number of ketones is 1. The van der Waals surface area contributed by atoms with Gasteiger partial charge in [0.1, 0.15) is 0 Å². The molecule has 0 aliphatic heterocycles. The molecule has 0 amide bonds. The van der Waals surface area contributed by atoms with E-state index in [-0.39, 0.29) is 5.78 Å². The van der Waals surface area contributed by atoms with Crippen LogP contribution in [-0.4, -0.2) is 5.78 Å². The Kier molecular flexibility index (Phi) is 6.55. The van der Waals surface area contributed by atoms with Crippen molar-refractivity contribution in [3.8, 4) is 11.1 Å². The topological polar surface area (TPSA) is 17.1 Å². The van der Waals surface area contributed by atoms with Gasteiger partial charge in [-0.3, -0.25) is 4.79 Å². The van der Waals surface area contributed by atoms with Crippen molar-refractivity contribution in [3.05, 3.63) is 108 Å². The van der Waals surface area contributed by atoms with Gasteiger partial charge < -0.3 is 0 Å². The number of carbonyl (C=O) groups is 1. The fourth-order valence-corrected chi connectivity index (χ4v) is 2.95. The Bertz CT molecular complexity index is 830. The van der Waals surface area contributed by atoms with Crippen molar-refractivity contribution in [2.24, 2.45) is 0 Å². The Morgan fingerprint density at radius 2 is 1.23 bits per heavy atom. The maximum atomic E-state index is 12.0. The first-order valence-electron chi connectivity index (χ1n) is 9.19. The Balaban J connectivity index is 1.43. The highest BCUT2D eigenvalue weighted by Crippen LogP contribution is 2.19. The monoisotopic (exact) mass is 340 g/mol. The summed E-state index contributed by atoms with van der Waals surface area (Å²) in [6, 6.07) is 29.2. The lowest BCUT2D eigenvalue weighted by molar-refractivity contribution is -0.114. The Morgan fingerprint density at radius 1 is 0.654 bits per heavy atom. The maximum Gasteiger partial charge on any atom is 0.155 e. The third kappa shape index (κ3) is 5.56. The van der Waals surface area contributed by atoms with E-state index in [1.165, 1.54) is 22.3 Å². The van der Waals surface area contributed by atoms with Crippen LogP contribution in [0.3, 0.4) is 0 Å². The van der Waals surface area contributed by atoms with Gasteiger partial charge in [0.25, 0.3) is 0 Å². The van der Waals surface area contributed by atoms with Gasteiger partial charge in [0.15, 0.2) is 5.78 Å². The van der Waals surface area contributed by atoms with Crippen molar-refractivity contribution >= 4 is 5.78 Å². The molecule has 0 radical (unpaired) electrons. The van der Waals surface area contributed by atoms with E-state index in [1.54, 1.807) is 6.08 Å². The van der Waals surface area contributed by atoms with E-state index in [2.05, 4.69) is 48.5 Å². The lowest BCUT2D eigenvalue weighted by Crippen LogP contribution is -1.96. The van der Waals surface area contributed by atoms with Crippen LogP contribution in [-0.2, 0) is 17.6 Å². The molecule has 0 aromatic heterocycles. The molecule has 0 atom stereocenters. The van der Waals surface area contributed by atoms with Crippen LogP contribution >= 0.6 is 0 Å². The molecule has 0 aliphatic rings. The molecule has 3 aromatic carbocycles. The number of carbonyl (C=O) groups excluding carboxylic acids is 1. The number of allylic oxidation sites excluding steroid dienone is 2. The average molecular weight is 340 g/mol. The molecular weight excluding hydrogens is 316 g/mol. The predicted molar refractivity (Wildman–Crippen MR) is 109 cm³/mol. The molecule has 130 valence electrons. The summed E-state index contributed by atoms with van der Waals surface area (Å²) < 4.78 is 0. The van der Waals surface area contributed by atoms with E-state index in [1.807, 2.05) is 42.5 Å². The smallest absolute Gasteiger partial charge is 0.155 e. The van der Waals surface area contributed by atoms with Gasteiger partial charge in [-0.2, -0.15) is 0 Å². The SMILES string of the molecule is O=C(/C=C/CCc1ccccc1)CCc1ccc(-c2ccccc2)cc1. The second-order valence-corrected chi connectivity index (χ2v) is 6.46. The lowest BCUT2D eigenvalue weighted by Gasteiger charge is -2.04. The van der Waals surface area contributed by atoms with Crippen molar-refractivity contribution in [2.45, 2.75) is 25.7 Å². The minimum Gasteiger partial charge on any atom is -0.295 e. The molecule has 0 saturated heterocycles. The zero-order valence-corrected chi connectivity index (χ0v) is 15.0. The van der Waals surface area contributed by atoms with E-state index in [4.69, 9.17) is 0 Å². The van der Waals surface area contributed by atoms with E-state index >= 15 is 0 Å². The highest BCUT2D eigenvalue weighted by molar-refractivity contribution is 5.89. The number of rotatable bonds is 8. The molecule has 3 rings (SSSR count). The van der Waals surface area contributed by atoms with Crippen LogP contribution in [0.15, 0.2) is 97.1 Å². The van der Waals surface area contributed by atoms with Gasteiger partial charge in [0.2, 0.25) is 0 Å². The van der Waals surface area contributed by atoms with Crippen LogP contribution < -0.4 is 0 Å². The quantitative estimate of drug-likeness (QED) is 0.457. The van der Waals surface area contributed by atoms with Crippen molar-refractivity contribution in [3.63, 3.8) is 0 Å². The van der Waals surface area contributed by atoms with E-state index in [9.17, 15) is 4.79 Å². The van der Waals surface area contributed by atoms with Gasteiger partial charge in [-0.15, -0.1) is 0 Å². The Morgan fingerprint density at radius 3 is 1.92 bits per heavy atom. The highest BCUT2D eigenvalue weighted by atomic mass is 16.1. The molecule has 0 N–H and O–H groups in total.